The van der Waals surface area contributed by atoms with Crippen molar-refractivity contribution in [3.8, 4) is 5.69 Å². The van der Waals surface area contributed by atoms with Gasteiger partial charge in [-0.15, -0.1) is 0 Å². The van der Waals surface area contributed by atoms with E-state index < -0.39 is 11.9 Å². The van der Waals surface area contributed by atoms with Crippen molar-refractivity contribution in [3.63, 3.8) is 0 Å². The Balaban J connectivity index is 1.64. The zero-order valence-corrected chi connectivity index (χ0v) is 14.7. The fraction of sp³-hybridized carbons (Fsp3) is 0.333. The lowest BCUT2D eigenvalue weighted by molar-refractivity contribution is -0.141. The summed E-state index contributed by atoms with van der Waals surface area (Å²) >= 11 is 0. The van der Waals surface area contributed by atoms with Gasteiger partial charge in [0.25, 0.3) is 0 Å². The van der Waals surface area contributed by atoms with Crippen LogP contribution in [0.4, 0.5) is 13.2 Å². The smallest absolute Gasteiger partial charge is 0.306 e. The number of aromatic nitrogens is 4. The molecule has 3 aromatic rings. The van der Waals surface area contributed by atoms with Crippen LogP contribution in [0.3, 0.4) is 0 Å². The Hall–Kier alpha value is -2.61. The van der Waals surface area contributed by atoms with E-state index in [4.69, 9.17) is 0 Å². The summed E-state index contributed by atoms with van der Waals surface area (Å²) < 4.78 is 40.9. The van der Waals surface area contributed by atoms with Crippen molar-refractivity contribution in [3.05, 3.63) is 65.2 Å². The normalized spacial score (nSPS) is 13.2. The molecular weight excluding hydrogens is 343 g/mol. The van der Waals surface area contributed by atoms with Gasteiger partial charge in [0, 0.05) is 37.6 Å². The fourth-order valence-corrected chi connectivity index (χ4v) is 2.81. The number of hydrogen-bond acceptors (Lipinski definition) is 3. The zero-order valence-electron chi connectivity index (χ0n) is 14.7. The second kappa shape index (κ2) is 6.95. The Labute approximate surface area is 149 Å². The van der Waals surface area contributed by atoms with Crippen LogP contribution in [0.25, 0.3) is 5.69 Å². The molecule has 1 aromatic carbocycles. The highest BCUT2D eigenvalue weighted by Gasteiger charge is 2.33. The van der Waals surface area contributed by atoms with Crippen LogP contribution in [0.1, 0.15) is 35.5 Å². The Morgan fingerprint density at radius 1 is 1.12 bits per heavy atom. The minimum atomic E-state index is -4.43. The Morgan fingerprint density at radius 3 is 2.35 bits per heavy atom. The van der Waals surface area contributed by atoms with E-state index in [-0.39, 0.29) is 6.04 Å². The second-order valence-electron chi connectivity index (χ2n) is 6.26. The highest BCUT2D eigenvalue weighted by atomic mass is 19.4. The molecule has 0 spiro atoms. The summed E-state index contributed by atoms with van der Waals surface area (Å²) in [6, 6.07) is 8.37. The molecule has 5 nitrogen and oxygen atoms in total. The average molecular weight is 363 g/mol. The van der Waals surface area contributed by atoms with Crippen LogP contribution in [0.2, 0.25) is 0 Å². The highest BCUT2D eigenvalue weighted by molar-refractivity contribution is 5.34. The van der Waals surface area contributed by atoms with E-state index in [1.54, 1.807) is 16.8 Å². The number of hydrogen-bond donors (Lipinski definition) is 1. The maximum Gasteiger partial charge on any atom is 0.435 e. The summed E-state index contributed by atoms with van der Waals surface area (Å²) in [4.78, 5) is 0. The van der Waals surface area contributed by atoms with E-state index >= 15 is 0 Å². The van der Waals surface area contributed by atoms with Crippen LogP contribution >= 0.6 is 0 Å². The molecule has 0 aliphatic heterocycles. The van der Waals surface area contributed by atoms with Crippen LogP contribution < -0.4 is 5.32 Å². The van der Waals surface area contributed by atoms with Gasteiger partial charge in [-0.05, 0) is 37.6 Å². The third kappa shape index (κ3) is 3.96. The van der Waals surface area contributed by atoms with E-state index in [9.17, 15) is 13.2 Å². The predicted octanol–water partition coefficient (Wildman–Crippen LogP) is 3.78. The first-order valence-electron chi connectivity index (χ1n) is 8.20. The van der Waals surface area contributed by atoms with Gasteiger partial charge < -0.3 is 5.32 Å². The third-order valence-corrected chi connectivity index (χ3v) is 4.21. The first-order chi connectivity index (χ1) is 12.2. The van der Waals surface area contributed by atoms with E-state index in [2.05, 4.69) is 22.4 Å². The molecule has 138 valence electrons. The molecule has 8 heteroatoms. The molecule has 0 bridgehead atoms. The molecule has 1 unspecified atom stereocenters. The number of nitrogens with one attached hydrogen (secondary N) is 1. The Bertz CT molecular complexity index is 877. The predicted molar refractivity (Wildman–Crippen MR) is 91.8 cm³/mol. The molecule has 0 fully saturated rings. The molecule has 26 heavy (non-hydrogen) atoms. The lowest BCUT2D eigenvalue weighted by atomic mass is 10.1. The van der Waals surface area contributed by atoms with Crippen molar-refractivity contribution in [1.82, 2.24) is 24.9 Å². The molecule has 1 atom stereocenters. The minimum Gasteiger partial charge on any atom is -0.306 e. The van der Waals surface area contributed by atoms with E-state index in [0.29, 0.717) is 12.2 Å². The third-order valence-electron chi connectivity index (χ3n) is 4.21. The molecule has 0 aliphatic rings. The standard InChI is InChI=1S/C18H20F3N5/c1-12(16-11-25(3)23-13(16)2)22-10-14-4-6-15(7-5-14)26-9-8-17(24-26)18(19,20)21/h4-9,11-12,22H,10H2,1-3H3. The molecule has 0 saturated heterocycles. The van der Waals surface area contributed by atoms with Crippen molar-refractivity contribution in [2.75, 3.05) is 0 Å². The number of benzene rings is 1. The van der Waals surface area contributed by atoms with Crippen LogP contribution in [-0.2, 0) is 19.8 Å². The number of halogens is 3. The summed E-state index contributed by atoms with van der Waals surface area (Å²) in [5.41, 5.74) is 2.84. The lowest BCUT2D eigenvalue weighted by Gasteiger charge is -2.13. The second-order valence-corrected chi connectivity index (χ2v) is 6.26. The number of alkyl halides is 3. The molecule has 0 amide bonds. The zero-order chi connectivity index (χ0) is 18.9. The van der Waals surface area contributed by atoms with Gasteiger partial charge in [-0.1, -0.05) is 12.1 Å². The highest BCUT2D eigenvalue weighted by Crippen LogP contribution is 2.27. The van der Waals surface area contributed by atoms with Gasteiger partial charge in [0.05, 0.1) is 11.4 Å². The first kappa shape index (κ1) is 18.2. The van der Waals surface area contributed by atoms with Gasteiger partial charge in [-0.3, -0.25) is 4.68 Å². The molecule has 1 N–H and O–H groups in total. The van der Waals surface area contributed by atoms with Crippen LogP contribution in [0, 0.1) is 6.92 Å². The lowest BCUT2D eigenvalue weighted by Crippen LogP contribution is -2.18. The van der Waals surface area contributed by atoms with E-state index in [1.165, 1.54) is 10.9 Å². The summed E-state index contributed by atoms with van der Waals surface area (Å²) in [6.45, 7) is 4.69. The number of rotatable bonds is 5. The maximum absolute atomic E-state index is 12.6. The summed E-state index contributed by atoms with van der Waals surface area (Å²) in [7, 11) is 1.89. The molecule has 3 rings (SSSR count). The van der Waals surface area contributed by atoms with Gasteiger partial charge in [0.1, 0.15) is 0 Å². The van der Waals surface area contributed by atoms with Crippen LogP contribution in [0.15, 0.2) is 42.7 Å². The summed E-state index contributed by atoms with van der Waals surface area (Å²) in [5.74, 6) is 0. The first-order valence-corrected chi connectivity index (χ1v) is 8.20. The fourth-order valence-electron chi connectivity index (χ4n) is 2.81. The number of aryl methyl sites for hydroxylation is 2. The maximum atomic E-state index is 12.6. The molecule has 2 aromatic heterocycles. The largest absolute Gasteiger partial charge is 0.435 e. The number of nitrogens with zero attached hydrogens (tertiary/aromatic N) is 4. The average Bonchev–Trinajstić information content (AvgIpc) is 3.19. The SMILES string of the molecule is Cc1nn(C)cc1C(C)NCc1ccc(-n2ccc(C(F)(F)F)n2)cc1. The quantitative estimate of drug-likeness (QED) is 0.750. The van der Waals surface area contributed by atoms with E-state index in [0.717, 1.165) is 22.9 Å². The van der Waals surface area contributed by atoms with Gasteiger partial charge in [0.2, 0.25) is 0 Å². The molecule has 2 heterocycles. The minimum absolute atomic E-state index is 0.142. The topological polar surface area (TPSA) is 47.7 Å². The van der Waals surface area contributed by atoms with Crippen molar-refractivity contribution in [2.45, 2.75) is 32.6 Å². The Morgan fingerprint density at radius 2 is 1.81 bits per heavy atom. The van der Waals surface area contributed by atoms with Crippen molar-refractivity contribution in [2.24, 2.45) is 7.05 Å². The summed E-state index contributed by atoms with van der Waals surface area (Å²) in [6.07, 6.45) is -1.13. The van der Waals surface area contributed by atoms with Gasteiger partial charge in [-0.2, -0.15) is 23.4 Å². The molecule has 0 saturated carbocycles. The van der Waals surface area contributed by atoms with E-state index in [1.807, 2.05) is 32.3 Å². The van der Waals surface area contributed by atoms with Crippen molar-refractivity contribution in [1.29, 1.82) is 0 Å². The van der Waals surface area contributed by atoms with Crippen molar-refractivity contribution >= 4 is 0 Å². The molecule has 0 radical (unpaired) electrons. The van der Waals surface area contributed by atoms with Gasteiger partial charge in [-0.25, -0.2) is 4.68 Å². The van der Waals surface area contributed by atoms with Crippen molar-refractivity contribution < 1.29 is 13.2 Å². The van der Waals surface area contributed by atoms with Gasteiger partial charge >= 0.3 is 6.18 Å². The monoisotopic (exact) mass is 363 g/mol. The molecule has 0 aliphatic carbocycles. The summed E-state index contributed by atoms with van der Waals surface area (Å²) in [5, 5.41) is 11.3. The van der Waals surface area contributed by atoms with Gasteiger partial charge in [0.15, 0.2) is 5.69 Å². The molecular formula is C18H20F3N5. The van der Waals surface area contributed by atoms with Crippen LogP contribution in [0.5, 0.6) is 0 Å². The Kier molecular flexibility index (Phi) is 4.86. The van der Waals surface area contributed by atoms with Crippen LogP contribution in [-0.4, -0.2) is 19.6 Å².